The zero-order valence-corrected chi connectivity index (χ0v) is 35.3. The Bertz CT molecular complexity index is 1170. The Morgan fingerprint density at radius 2 is 1.00 bits per heavy atom. The third-order valence-electron chi connectivity index (χ3n) is 8.27. The van der Waals surface area contributed by atoms with Crippen molar-refractivity contribution in [3.05, 3.63) is 85.1 Å². The predicted molar refractivity (Wildman–Crippen MR) is 229 cm³/mol. The monoisotopic (exact) mass is 790 g/mol. The van der Waals surface area contributed by atoms with E-state index in [2.05, 4.69) is 98.9 Å². The van der Waals surface area contributed by atoms with Crippen molar-refractivity contribution in [2.75, 3.05) is 26.4 Å². The van der Waals surface area contributed by atoms with Crippen LogP contribution in [0.4, 0.5) is 0 Å². The second-order valence-electron chi connectivity index (χ2n) is 13.5. The number of rotatable bonds is 38. The molecular weight excluding hydrogens is 713 g/mol. The van der Waals surface area contributed by atoms with Gasteiger partial charge in [-0.2, -0.15) is 0 Å². The molecule has 0 saturated heterocycles. The number of nitrogens with two attached hydrogens (primary N) is 1. The Morgan fingerprint density at radius 3 is 1.51 bits per heavy atom. The van der Waals surface area contributed by atoms with Crippen molar-refractivity contribution in [3.8, 4) is 0 Å². The third-order valence-corrected chi connectivity index (χ3v) is 9.25. The number of hydrogen-bond acceptors (Lipinski definition) is 8. The molecule has 10 heteroatoms. The van der Waals surface area contributed by atoms with Gasteiger partial charge in [-0.1, -0.05) is 137 Å². The van der Waals surface area contributed by atoms with Crippen molar-refractivity contribution in [2.45, 2.75) is 161 Å². The lowest BCUT2D eigenvalue weighted by Gasteiger charge is -2.19. The Balaban J connectivity index is 4.28. The van der Waals surface area contributed by atoms with E-state index in [1.54, 1.807) is 0 Å². The van der Waals surface area contributed by atoms with Crippen LogP contribution in [0.15, 0.2) is 85.1 Å². The average Bonchev–Trinajstić information content (AvgIpc) is 3.17. The minimum absolute atomic E-state index is 0.0409. The number of ether oxygens (including phenoxy) is 2. The summed E-state index contributed by atoms with van der Waals surface area (Å²) in [6.07, 6.45) is 50.4. The first kappa shape index (κ1) is 52.2. The van der Waals surface area contributed by atoms with Crippen LogP contribution in [-0.4, -0.2) is 49.3 Å². The van der Waals surface area contributed by atoms with Crippen LogP contribution in [0.3, 0.4) is 0 Å². The quantitative estimate of drug-likeness (QED) is 0.0271. The van der Waals surface area contributed by atoms with E-state index in [-0.39, 0.29) is 32.6 Å². The number of carbonyl (C=O) groups is 2. The van der Waals surface area contributed by atoms with Crippen molar-refractivity contribution in [1.29, 1.82) is 0 Å². The van der Waals surface area contributed by atoms with E-state index in [1.165, 1.54) is 25.7 Å². The Labute approximate surface area is 334 Å². The average molecular weight is 790 g/mol. The summed E-state index contributed by atoms with van der Waals surface area (Å²) in [7, 11) is -4.39. The fourth-order valence-corrected chi connectivity index (χ4v) is 5.92. The SMILES string of the molecule is CC/C=C\C/C=C\C/C=C\CCCCCCCC(=O)O[C@H](COC(=O)CCCCC/C=C\C/C=C\C/C=C\C/C=C\CCCCC)COP(=O)(O)OCCN. The summed E-state index contributed by atoms with van der Waals surface area (Å²) in [5.41, 5.74) is 5.34. The number of phosphoric acid groups is 1. The van der Waals surface area contributed by atoms with E-state index in [0.717, 1.165) is 89.9 Å². The first-order valence-electron chi connectivity index (χ1n) is 21.1. The van der Waals surface area contributed by atoms with Gasteiger partial charge in [0, 0.05) is 19.4 Å². The normalized spacial score (nSPS) is 14.2. The molecule has 0 radical (unpaired) electrons. The first-order valence-corrected chi connectivity index (χ1v) is 22.6. The molecule has 0 saturated carbocycles. The van der Waals surface area contributed by atoms with E-state index >= 15 is 0 Å². The summed E-state index contributed by atoms with van der Waals surface area (Å²) in [4.78, 5) is 34.8. The van der Waals surface area contributed by atoms with Gasteiger partial charge in [0.2, 0.25) is 0 Å². The molecular formula is C45H76NO8P. The van der Waals surface area contributed by atoms with Gasteiger partial charge in [0.05, 0.1) is 13.2 Å². The lowest BCUT2D eigenvalue weighted by molar-refractivity contribution is -0.161. The van der Waals surface area contributed by atoms with Gasteiger partial charge in [-0.25, -0.2) is 4.57 Å². The standard InChI is InChI=1S/C45H76NO8P/c1-3-5-7-9-11-13-15-17-19-20-21-22-24-25-27-29-31-33-35-37-44(47)51-41-43(42-53-55(49,50)52-40-39-46)54-45(48)38-36-34-32-30-28-26-23-18-16-14-12-10-8-6-4-2/h6,8,11-14,17-19,21-23,25,27,43H,3-5,7,9-10,15-16,20,24,26,28-42,46H2,1-2H3,(H,49,50)/b8-6-,13-11-,14-12-,19-17-,22-21-,23-18-,27-25-/t43-/m1/s1. The maximum absolute atomic E-state index is 12.6. The van der Waals surface area contributed by atoms with Crippen LogP contribution in [0.5, 0.6) is 0 Å². The van der Waals surface area contributed by atoms with Crippen molar-refractivity contribution in [2.24, 2.45) is 5.73 Å². The van der Waals surface area contributed by atoms with Gasteiger partial charge in [0.25, 0.3) is 0 Å². The van der Waals surface area contributed by atoms with E-state index < -0.39 is 32.5 Å². The topological polar surface area (TPSA) is 134 Å². The molecule has 0 fully saturated rings. The molecule has 9 nitrogen and oxygen atoms in total. The molecule has 0 heterocycles. The number of esters is 2. The third kappa shape index (κ3) is 40.7. The fraction of sp³-hybridized carbons (Fsp3) is 0.644. The lowest BCUT2D eigenvalue weighted by atomic mass is 10.1. The van der Waals surface area contributed by atoms with E-state index in [0.29, 0.717) is 12.8 Å². The van der Waals surface area contributed by atoms with Crippen molar-refractivity contribution >= 4 is 19.8 Å². The predicted octanol–water partition coefficient (Wildman–Crippen LogP) is 12.0. The fourth-order valence-electron chi connectivity index (χ4n) is 5.16. The molecule has 0 aromatic rings. The van der Waals surface area contributed by atoms with Gasteiger partial charge in [-0.15, -0.1) is 0 Å². The molecule has 0 aliphatic rings. The second-order valence-corrected chi connectivity index (χ2v) is 14.9. The van der Waals surface area contributed by atoms with Crippen molar-refractivity contribution < 1.29 is 37.6 Å². The van der Waals surface area contributed by atoms with Crippen LogP contribution in [0.1, 0.15) is 155 Å². The molecule has 0 aliphatic carbocycles. The number of allylic oxidation sites excluding steroid dienone is 14. The molecule has 314 valence electrons. The second kappa shape index (κ2) is 40.8. The highest BCUT2D eigenvalue weighted by atomic mass is 31.2. The summed E-state index contributed by atoms with van der Waals surface area (Å²) in [5, 5.41) is 0. The minimum Gasteiger partial charge on any atom is -0.462 e. The van der Waals surface area contributed by atoms with Crippen LogP contribution < -0.4 is 5.73 Å². The highest BCUT2D eigenvalue weighted by Crippen LogP contribution is 2.43. The van der Waals surface area contributed by atoms with Gasteiger partial charge >= 0.3 is 19.8 Å². The van der Waals surface area contributed by atoms with Crippen LogP contribution >= 0.6 is 7.82 Å². The summed E-state index contributed by atoms with van der Waals surface area (Å²) in [5.74, 6) is -0.894. The molecule has 55 heavy (non-hydrogen) atoms. The van der Waals surface area contributed by atoms with Gasteiger partial charge in [0.1, 0.15) is 6.61 Å². The summed E-state index contributed by atoms with van der Waals surface area (Å²) in [6.45, 7) is 3.51. The van der Waals surface area contributed by atoms with Crippen molar-refractivity contribution in [1.82, 2.24) is 0 Å². The van der Waals surface area contributed by atoms with Crippen LogP contribution in [0.25, 0.3) is 0 Å². The molecule has 2 atom stereocenters. The molecule has 0 bridgehead atoms. The van der Waals surface area contributed by atoms with E-state index in [9.17, 15) is 19.0 Å². The molecule has 0 amide bonds. The number of phosphoric ester groups is 1. The number of unbranched alkanes of at least 4 members (excludes halogenated alkanes) is 11. The van der Waals surface area contributed by atoms with Crippen LogP contribution in [0, 0.1) is 0 Å². The Hall–Kier alpha value is -2.81. The molecule has 0 aromatic carbocycles. The van der Waals surface area contributed by atoms with Crippen molar-refractivity contribution in [3.63, 3.8) is 0 Å². The molecule has 0 spiro atoms. The highest BCUT2D eigenvalue weighted by Gasteiger charge is 2.25. The molecule has 0 aliphatic heterocycles. The molecule has 0 aromatic heterocycles. The van der Waals surface area contributed by atoms with E-state index in [4.69, 9.17) is 24.3 Å². The van der Waals surface area contributed by atoms with Crippen LogP contribution in [0.2, 0.25) is 0 Å². The number of carbonyl (C=O) groups excluding carboxylic acids is 2. The number of hydrogen-bond donors (Lipinski definition) is 2. The Kier molecular flexibility index (Phi) is 38.8. The lowest BCUT2D eigenvalue weighted by Crippen LogP contribution is -2.29. The molecule has 1 unspecified atom stereocenters. The van der Waals surface area contributed by atoms with Gasteiger partial charge in [0.15, 0.2) is 6.10 Å². The largest absolute Gasteiger partial charge is 0.472 e. The van der Waals surface area contributed by atoms with Crippen LogP contribution in [-0.2, 0) is 32.7 Å². The highest BCUT2D eigenvalue weighted by molar-refractivity contribution is 7.47. The summed E-state index contributed by atoms with van der Waals surface area (Å²) in [6, 6.07) is 0. The Morgan fingerprint density at radius 1 is 0.564 bits per heavy atom. The molecule has 0 rings (SSSR count). The zero-order valence-electron chi connectivity index (χ0n) is 34.4. The maximum atomic E-state index is 12.6. The zero-order chi connectivity index (χ0) is 40.3. The summed E-state index contributed by atoms with van der Waals surface area (Å²) < 4.78 is 32.7. The van der Waals surface area contributed by atoms with Gasteiger partial charge in [-0.3, -0.25) is 18.6 Å². The van der Waals surface area contributed by atoms with Gasteiger partial charge in [-0.05, 0) is 89.9 Å². The van der Waals surface area contributed by atoms with Gasteiger partial charge < -0.3 is 20.1 Å². The molecule has 3 N–H and O–H groups in total. The minimum atomic E-state index is -4.39. The summed E-state index contributed by atoms with van der Waals surface area (Å²) >= 11 is 0. The maximum Gasteiger partial charge on any atom is 0.472 e. The first-order chi connectivity index (χ1) is 26.8. The smallest absolute Gasteiger partial charge is 0.462 e. The van der Waals surface area contributed by atoms with E-state index in [1.807, 2.05) is 0 Å².